The molecule has 0 atom stereocenters. The van der Waals surface area contributed by atoms with Gasteiger partial charge in [0.25, 0.3) is 0 Å². The molecule has 0 bridgehead atoms. The Kier molecular flexibility index (Phi) is 14.1. The van der Waals surface area contributed by atoms with E-state index in [0.717, 1.165) is 25.1 Å². The summed E-state index contributed by atoms with van der Waals surface area (Å²) in [5.74, 6) is 1.65. The van der Waals surface area contributed by atoms with Crippen molar-refractivity contribution in [3.63, 3.8) is 0 Å². The van der Waals surface area contributed by atoms with Crippen LogP contribution in [0.5, 0.6) is 5.75 Å². The Balaban J connectivity index is 1.83. The van der Waals surface area contributed by atoms with E-state index in [1.165, 1.54) is 62.7 Å². The molecule has 0 saturated carbocycles. The molecule has 0 aliphatic rings. The van der Waals surface area contributed by atoms with Crippen molar-refractivity contribution >= 4 is 17.7 Å². The number of hydrogen-bond acceptors (Lipinski definition) is 3. The second-order valence-corrected chi connectivity index (χ2v) is 8.15. The van der Waals surface area contributed by atoms with Crippen LogP contribution in [0, 0.1) is 0 Å². The molecule has 0 unspecified atom stereocenters. The Hall–Kier alpha value is -1.16. The van der Waals surface area contributed by atoms with Gasteiger partial charge < -0.3 is 10.4 Å². The Bertz CT molecular complexity index is 462. The number of aromatic hydroxyl groups is 1. The van der Waals surface area contributed by atoms with Crippen LogP contribution in [0.25, 0.3) is 0 Å². The lowest BCUT2D eigenvalue weighted by molar-refractivity contribution is -0.121. The SMILES string of the molecule is CCCCCCCCCC(=O)NCCCCCCSc1ccc(O)cc1. The number of thioether (sulfide) groups is 1. The highest BCUT2D eigenvalue weighted by Gasteiger charge is 2.01. The average Bonchev–Trinajstić information content (AvgIpc) is 2.64. The van der Waals surface area contributed by atoms with E-state index in [1.54, 1.807) is 12.1 Å². The van der Waals surface area contributed by atoms with Gasteiger partial charge in [-0.3, -0.25) is 4.79 Å². The van der Waals surface area contributed by atoms with E-state index in [9.17, 15) is 9.90 Å². The predicted octanol–water partition coefficient (Wildman–Crippen LogP) is 6.30. The van der Waals surface area contributed by atoms with Crippen molar-refractivity contribution in [1.29, 1.82) is 0 Å². The van der Waals surface area contributed by atoms with E-state index in [1.807, 2.05) is 23.9 Å². The van der Waals surface area contributed by atoms with Crippen molar-refractivity contribution in [1.82, 2.24) is 5.32 Å². The number of phenolic OH excluding ortho intramolecular Hbond substituents is 1. The molecular weight excluding hydrogens is 342 g/mol. The third-order valence-electron chi connectivity index (χ3n) is 4.51. The molecule has 148 valence electrons. The number of nitrogens with one attached hydrogen (secondary N) is 1. The fourth-order valence-corrected chi connectivity index (χ4v) is 3.78. The molecule has 0 aliphatic heterocycles. The normalized spacial score (nSPS) is 10.8. The molecule has 0 saturated heterocycles. The van der Waals surface area contributed by atoms with Crippen LogP contribution in [0.2, 0.25) is 0 Å². The number of benzene rings is 1. The molecule has 1 amide bonds. The quantitative estimate of drug-likeness (QED) is 0.262. The zero-order valence-electron chi connectivity index (χ0n) is 16.5. The van der Waals surface area contributed by atoms with E-state index in [-0.39, 0.29) is 5.91 Å². The summed E-state index contributed by atoms with van der Waals surface area (Å²) in [6.45, 7) is 3.06. The van der Waals surface area contributed by atoms with Crippen molar-refractivity contribution in [2.24, 2.45) is 0 Å². The number of unbranched alkanes of at least 4 members (excludes halogenated alkanes) is 9. The minimum absolute atomic E-state index is 0.224. The van der Waals surface area contributed by atoms with Gasteiger partial charge in [-0.15, -0.1) is 11.8 Å². The van der Waals surface area contributed by atoms with Gasteiger partial charge in [0.15, 0.2) is 0 Å². The largest absolute Gasteiger partial charge is 0.508 e. The molecule has 1 rings (SSSR count). The highest BCUT2D eigenvalue weighted by molar-refractivity contribution is 7.99. The van der Waals surface area contributed by atoms with Crippen LogP contribution in [-0.2, 0) is 4.79 Å². The van der Waals surface area contributed by atoms with Gasteiger partial charge in [0.05, 0.1) is 0 Å². The number of rotatable bonds is 16. The van der Waals surface area contributed by atoms with Crippen LogP contribution in [-0.4, -0.2) is 23.3 Å². The van der Waals surface area contributed by atoms with E-state index in [4.69, 9.17) is 0 Å². The monoisotopic (exact) mass is 379 g/mol. The Morgan fingerprint density at radius 2 is 1.50 bits per heavy atom. The summed E-state index contributed by atoms with van der Waals surface area (Å²) in [5.41, 5.74) is 0. The second-order valence-electron chi connectivity index (χ2n) is 6.98. The highest BCUT2D eigenvalue weighted by Crippen LogP contribution is 2.22. The predicted molar refractivity (Wildman–Crippen MR) is 113 cm³/mol. The summed E-state index contributed by atoms with van der Waals surface area (Å²) in [7, 11) is 0. The van der Waals surface area contributed by atoms with Gasteiger partial charge in [-0.2, -0.15) is 0 Å². The van der Waals surface area contributed by atoms with Gasteiger partial charge in [-0.1, -0.05) is 58.3 Å². The fraction of sp³-hybridized carbons (Fsp3) is 0.682. The molecule has 2 N–H and O–H groups in total. The first-order chi connectivity index (χ1) is 12.7. The number of phenols is 1. The van der Waals surface area contributed by atoms with Gasteiger partial charge in [0.2, 0.25) is 5.91 Å². The smallest absolute Gasteiger partial charge is 0.219 e. The minimum Gasteiger partial charge on any atom is -0.508 e. The van der Waals surface area contributed by atoms with E-state index >= 15 is 0 Å². The van der Waals surface area contributed by atoms with Crippen molar-refractivity contribution in [3.8, 4) is 5.75 Å². The molecule has 0 radical (unpaired) electrons. The highest BCUT2D eigenvalue weighted by atomic mass is 32.2. The van der Waals surface area contributed by atoms with Crippen LogP contribution in [0.1, 0.15) is 84.0 Å². The molecule has 1 aromatic rings. The number of hydrogen-bond donors (Lipinski definition) is 2. The molecule has 1 aromatic carbocycles. The number of carbonyl (C=O) groups excluding carboxylic acids is 1. The van der Waals surface area contributed by atoms with E-state index < -0.39 is 0 Å². The maximum absolute atomic E-state index is 11.8. The zero-order chi connectivity index (χ0) is 18.9. The van der Waals surface area contributed by atoms with Crippen LogP contribution < -0.4 is 5.32 Å². The van der Waals surface area contributed by atoms with Gasteiger partial charge in [-0.05, 0) is 49.3 Å². The maximum atomic E-state index is 11.8. The molecular formula is C22H37NO2S. The third-order valence-corrected chi connectivity index (χ3v) is 5.60. The molecule has 0 fully saturated rings. The third kappa shape index (κ3) is 13.1. The van der Waals surface area contributed by atoms with Crippen molar-refractivity contribution in [2.75, 3.05) is 12.3 Å². The molecule has 3 nitrogen and oxygen atoms in total. The van der Waals surface area contributed by atoms with Crippen LogP contribution in [0.4, 0.5) is 0 Å². The van der Waals surface area contributed by atoms with E-state index in [0.29, 0.717) is 12.2 Å². The molecule has 0 aromatic heterocycles. The van der Waals surface area contributed by atoms with Crippen molar-refractivity contribution in [2.45, 2.75) is 88.9 Å². The van der Waals surface area contributed by atoms with Crippen molar-refractivity contribution in [3.05, 3.63) is 24.3 Å². The average molecular weight is 380 g/mol. The topological polar surface area (TPSA) is 49.3 Å². The first-order valence-electron chi connectivity index (χ1n) is 10.4. The number of carbonyl (C=O) groups is 1. The molecule has 0 heterocycles. The van der Waals surface area contributed by atoms with Crippen molar-refractivity contribution < 1.29 is 9.90 Å². The summed E-state index contributed by atoms with van der Waals surface area (Å²) >= 11 is 1.83. The standard InChI is InChI=1S/C22H37NO2S/c1-2-3-4-5-6-7-10-13-22(25)23-18-11-8-9-12-19-26-21-16-14-20(24)15-17-21/h14-17,24H,2-13,18-19H2,1H3,(H,23,25). The lowest BCUT2D eigenvalue weighted by Crippen LogP contribution is -2.23. The van der Waals surface area contributed by atoms with Gasteiger partial charge >= 0.3 is 0 Å². The van der Waals surface area contributed by atoms with E-state index in [2.05, 4.69) is 12.2 Å². The Morgan fingerprint density at radius 1 is 0.885 bits per heavy atom. The lowest BCUT2D eigenvalue weighted by Gasteiger charge is -2.06. The Morgan fingerprint density at radius 3 is 2.23 bits per heavy atom. The summed E-state index contributed by atoms with van der Waals surface area (Å²) in [5, 5.41) is 12.3. The van der Waals surface area contributed by atoms with Gasteiger partial charge in [0, 0.05) is 17.9 Å². The molecule has 0 spiro atoms. The summed E-state index contributed by atoms with van der Waals surface area (Å²) in [4.78, 5) is 13.0. The molecule has 4 heteroatoms. The number of amides is 1. The summed E-state index contributed by atoms with van der Waals surface area (Å²) < 4.78 is 0. The first-order valence-corrected chi connectivity index (χ1v) is 11.4. The zero-order valence-corrected chi connectivity index (χ0v) is 17.3. The van der Waals surface area contributed by atoms with Crippen LogP contribution in [0.15, 0.2) is 29.2 Å². The first kappa shape index (κ1) is 22.9. The minimum atomic E-state index is 0.224. The van der Waals surface area contributed by atoms with Crippen LogP contribution >= 0.6 is 11.8 Å². The molecule has 0 aliphatic carbocycles. The summed E-state index contributed by atoms with van der Waals surface area (Å²) in [6.07, 6.45) is 14.1. The van der Waals surface area contributed by atoms with Crippen LogP contribution in [0.3, 0.4) is 0 Å². The van der Waals surface area contributed by atoms with Gasteiger partial charge in [0.1, 0.15) is 5.75 Å². The second kappa shape index (κ2) is 16.0. The Labute approximate surface area is 164 Å². The fourth-order valence-electron chi connectivity index (χ4n) is 2.87. The maximum Gasteiger partial charge on any atom is 0.219 e. The van der Waals surface area contributed by atoms with Gasteiger partial charge in [-0.25, -0.2) is 0 Å². The summed E-state index contributed by atoms with van der Waals surface area (Å²) in [6, 6.07) is 7.39. The molecule has 26 heavy (non-hydrogen) atoms. The lowest BCUT2D eigenvalue weighted by atomic mass is 10.1.